The molecule has 0 fully saturated rings. The Kier molecular flexibility index (Phi) is 25.5. The lowest BCUT2D eigenvalue weighted by Gasteiger charge is -2.33. The number of unbranched alkanes of at least 4 members (excludes halogenated alkanes) is 27. The van der Waals surface area contributed by atoms with E-state index in [0.29, 0.717) is 6.17 Å². The molecule has 0 radical (unpaired) electrons. The van der Waals surface area contributed by atoms with Crippen LogP contribution in [0.3, 0.4) is 0 Å². The Hall–Kier alpha value is -1.44. The predicted octanol–water partition coefficient (Wildman–Crippen LogP) is 14.1. The zero-order chi connectivity index (χ0) is 31.2. The van der Waals surface area contributed by atoms with Gasteiger partial charge in [-0.3, -0.25) is 0 Å². The summed E-state index contributed by atoms with van der Waals surface area (Å²) in [7, 11) is 0. The van der Waals surface area contributed by atoms with Gasteiger partial charge in [0.05, 0.1) is 0 Å². The summed E-state index contributed by atoms with van der Waals surface area (Å²) >= 11 is 0. The van der Waals surface area contributed by atoms with Crippen molar-refractivity contribution in [2.75, 3.05) is 13.1 Å². The van der Waals surface area contributed by atoms with Gasteiger partial charge in [-0.1, -0.05) is 218 Å². The fourth-order valence-corrected chi connectivity index (χ4v) is 7.08. The molecule has 1 aromatic carbocycles. The van der Waals surface area contributed by atoms with Gasteiger partial charge in [0, 0.05) is 25.5 Å². The van der Waals surface area contributed by atoms with Crippen LogP contribution in [0, 0.1) is 0 Å². The standard InChI is InChI=1S/C42H76N2/c1-3-5-7-9-11-13-15-17-18-19-20-21-23-25-27-29-34-38-44-40-39-43(42(44)41-35-31-30-32-36-41)37-33-28-26-24-22-16-14-12-10-8-6-4-2/h30-32,35-36,39-40,42H,3-29,33-34,37-38H2,1-2H3. The molecule has 0 saturated carbocycles. The quantitative estimate of drug-likeness (QED) is 0.0751. The smallest absolute Gasteiger partial charge is 0.127 e. The van der Waals surface area contributed by atoms with Crippen molar-refractivity contribution in [3.63, 3.8) is 0 Å². The summed E-state index contributed by atoms with van der Waals surface area (Å²) in [5.74, 6) is 0. The second-order valence-electron chi connectivity index (χ2n) is 14.1. The minimum atomic E-state index is 0.393. The van der Waals surface area contributed by atoms with E-state index in [4.69, 9.17) is 0 Å². The molecule has 44 heavy (non-hydrogen) atoms. The van der Waals surface area contributed by atoms with E-state index >= 15 is 0 Å². The molecule has 1 aromatic rings. The molecule has 1 aliphatic rings. The second-order valence-corrected chi connectivity index (χ2v) is 14.1. The fourth-order valence-electron chi connectivity index (χ4n) is 7.08. The molecule has 1 atom stereocenters. The lowest BCUT2D eigenvalue weighted by molar-refractivity contribution is 0.149. The first-order chi connectivity index (χ1) is 21.9. The maximum Gasteiger partial charge on any atom is 0.127 e. The highest BCUT2D eigenvalue weighted by Gasteiger charge is 2.26. The van der Waals surface area contributed by atoms with Crippen molar-refractivity contribution in [1.82, 2.24) is 9.80 Å². The first-order valence-corrected chi connectivity index (χ1v) is 20.1. The Morgan fingerprint density at radius 1 is 0.364 bits per heavy atom. The monoisotopic (exact) mass is 609 g/mol. The minimum Gasteiger partial charge on any atom is -0.352 e. The van der Waals surface area contributed by atoms with Crippen LogP contribution in [0.15, 0.2) is 42.7 Å². The molecule has 0 N–H and O–H groups in total. The highest BCUT2D eigenvalue weighted by atomic mass is 15.4. The summed E-state index contributed by atoms with van der Waals surface area (Å²) in [5.41, 5.74) is 1.45. The van der Waals surface area contributed by atoms with Crippen LogP contribution in [0.5, 0.6) is 0 Å². The van der Waals surface area contributed by atoms with Crippen LogP contribution < -0.4 is 0 Å². The third-order valence-electron chi connectivity index (χ3n) is 9.97. The van der Waals surface area contributed by atoms with Crippen molar-refractivity contribution < 1.29 is 0 Å². The summed E-state index contributed by atoms with van der Waals surface area (Å²) in [6.07, 6.45) is 46.6. The Labute approximate surface area is 276 Å². The van der Waals surface area contributed by atoms with E-state index in [2.05, 4.69) is 66.4 Å². The van der Waals surface area contributed by atoms with Crippen LogP contribution in [0.25, 0.3) is 0 Å². The van der Waals surface area contributed by atoms with Crippen molar-refractivity contribution in [2.45, 2.75) is 206 Å². The van der Waals surface area contributed by atoms with Crippen molar-refractivity contribution in [1.29, 1.82) is 0 Å². The number of hydrogen-bond donors (Lipinski definition) is 0. The van der Waals surface area contributed by atoms with Gasteiger partial charge in [-0.05, 0) is 18.4 Å². The summed E-state index contributed by atoms with van der Waals surface area (Å²) in [6, 6.07) is 11.2. The van der Waals surface area contributed by atoms with Crippen molar-refractivity contribution in [3.05, 3.63) is 48.3 Å². The van der Waals surface area contributed by atoms with Crippen LogP contribution in [-0.4, -0.2) is 22.9 Å². The highest BCUT2D eigenvalue weighted by molar-refractivity contribution is 5.21. The van der Waals surface area contributed by atoms with Crippen LogP contribution in [0.2, 0.25) is 0 Å². The van der Waals surface area contributed by atoms with Gasteiger partial charge in [0.2, 0.25) is 0 Å². The molecule has 0 saturated heterocycles. The summed E-state index contributed by atoms with van der Waals surface area (Å²) in [5, 5.41) is 0. The summed E-state index contributed by atoms with van der Waals surface area (Å²) in [6.45, 7) is 6.98. The molecule has 0 spiro atoms. The molecule has 0 bridgehead atoms. The molecule has 1 unspecified atom stereocenters. The van der Waals surface area contributed by atoms with E-state index < -0.39 is 0 Å². The zero-order valence-electron chi connectivity index (χ0n) is 29.9. The second kappa shape index (κ2) is 29.0. The van der Waals surface area contributed by atoms with Gasteiger partial charge in [-0.25, -0.2) is 0 Å². The van der Waals surface area contributed by atoms with Gasteiger partial charge in [-0.15, -0.1) is 0 Å². The highest BCUT2D eigenvalue weighted by Crippen LogP contribution is 2.31. The molecule has 254 valence electrons. The first-order valence-electron chi connectivity index (χ1n) is 20.1. The van der Waals surface area contributed by atoms with Gasteiger partial charge in [0.25, 0.3) is 0 Å². The maximum atomic E-state index is 2.61. The number of benzene rings is 1. The first kappa shape index (κ1) is 38.7. The molecular formula is C42H76N2. The normalized spacial score (nSPS) is 14.7. The Balaban J connectivity index is 1.48. The maximum absolute atomic E-state index is 2.61. The molecule has 1 heterocycles. The third-order valence-corrected chi connectivity index (χ3v) is 9.97. The molecule has 2 heteroatoms. The molecule has 1 aliphatic heterocycles. The molecular weight excluding hydrogens is 532 g/mol. The van der Waals surface area contributed by atoms with E-state index in [0.717, 1.165) is 0 Å². The molecule has 2 rings (SSSR count). The molecule has 0 aliphatic carbocycles. The number of hydrogen-bond acceptors (Lipinski definition) is 2. The van der Waals surface area contributed by atoms with Crippen LogP contribution in [-0.2, 0) is 0 Å². The van der Waals surface area contributed by atoms with Crippen LogP contribution >= 0.6 is 0 Å². The van der Waals surface area contributed by atoms with Gasteiger partial charge in [-0.2, -0.15) is 0 Å². The van der Waals surface area contributed by atoms with E-state index in [1.165, 1.54) is 205 Å². The Morgan fingerprint density at radius 3 is 0.932 bits per heavy atom. The SMILES string of the molecule is CCCCCCCCCCCCCCCCCCCN1C=CN(CCCCCCCCCCCCCC)C1c1ccccc1. The van der Waals surface area contributed by atoms with Crippen molar-refractivity contribution in [3.8, 4) is 0 Å². The van der Waals surface area contributed by atoms with Crippen LogP contribution in [0.1, 0.15) is 212 Å². The molecule has 0 aromatic heterocycles. The van der Waals surface area contributed by atoms with Crippen LogP contribution in [0.4, 0.5) is 0 Å². The van der Waals surface area contributed by atoms with E-state index in [1.54, 1.807) is 0 Å². The van der Waals surface area contributed by atoms with Crippen molar-refractivity contribution >= 4 is 0 Å². The van der Waals surface area contributed by atoms with E-state index in [-0.39, 0.29) is 0 Å². The largest absolute Gasteiger partial charge is 0.352 e. The Morgan fingerprint density at radius 2 is 0.636 bits per heavy atom. The van der Waals surface area contributed by atoms with Gasteiger partial charge < -0.3 is 9.80 Å². The topological polar surface area (TPSA) is 6.48 Å². The summed E-state index contributed by atoms with van der Waals surface area (Å²) in [4.78, 5) is 5.22. The van der Waals surface area contributed by atoms with Crippen molar-refractivity contribution in [2.24, 2.45) is 0 Å². The average molecular weight is 609 g/mol. The molecule has 0 amide bonds. The minimum absolute atomic E-state index is 0.393. The zero-order valence-corrected chi connectivity index (χ0v) is 29.9. The lowest BCUT2D eigenvalue weighted by atomic mass is 10.0. The van der Waals surface area contributed by atoms with E-state index in [1.807, 2.05) is 0 Å². The number of nitrogens with zero attached hydrogens (tertiary/aromatic N) is 2. The van der Waals surface area contributed by atoms with Gasteiger partial charge >= 0.3 is 0 Å². The molecule has 2 nitrogen and oxygen atoms in total. The third kappa shape index (κ3) is 19.8. The predicted molar refractivity (Wildman–Crippen MR) is 197 cm³/mol. The summed E-state index contributed by atoms with van der Waals surface area (Å²) < 4.78 is 0. The average Bonchev–Trinajstić information content (AvgIpc) is 3.45. The Bertz CT molecular complexity index is 743. The van der Waals surface area contributed by atoms with E-state index in [9.17, 15) is 0 Å². The lowest BCUT2D eigenvalue weighted by Crippen LogP contribution is -2.32. The fraction of sp³-hybridized carbons (Fsp3) is 0.810. The number of rotatable bonds is 32. The van der Waals surface area contributed by atoms with Gasteiger partial charge in [0.15, 0.2) is 0 Å². The van der Waals surface area contributed by atoms with Gasteiger partial charge in [0.1, 0.15) is 6.17 Å².